The molecule has 162 valence electrons. The van der Waals surface area contributed by atoms with Crippen LogP contribution in [0.2, 0.25) is 5.02 Å². The maximum atomic E-state index is 14.3. The van der Waals surface area contributed by atoms with Crippen molar-refractivity contribution in [3.63, 3.8) is 0 Å². The summed E-state index contributed by atoms with van der Waals surface area (Å²) in [5, 5.41) is 0.360. The fourth-order valence-corrected chi connectivity index (χ4v) is 4.77. The molecule has 31 heavy (non-hydrogen) atoms. The fraction of sp³-hybridized carbons (Fsp3) is 0.227. The minimum atomic E-state index is -3.74. The number of rotatable bonds is 5. The Balaban J connectivity index is 1.51. The van der Waals surface area contributed by atoms with Crippen LogP contribution >= 0.6 is 11.6 Å². The van der Waals surface area contributed by atoms with Crippen LogP contribution in [-0.4, -0.2) is 39.6 Å². The molecular weight excluding hydrogens is 439 g/mol. The molecule has 0 saturated carbocycles. The van der Waals surface area contributed by atoms with Gasteiger partial charge in [0, 0.05) is 37.4 Å². The number of anilines is 3. The molecule has 4 rings (SSSR count). The molecule has 6 nitrogen and oxygen atoms in total. The highest BCUT2D eigenvalue weighted by Crippen LogP contribution is 2.29. The molecule has 0 amide bonds. The first-order valence-electron chi connectivity index (χ1n) is 9.83. The van der Waals surface area contributed by atoms with Crippen LogP contribution in [0.1, 0.15) is 5.56 Å². The van der Waals surface area contributed by atoms with Gasteiger partial charge in [-0.1, -0.05) is 29.3 Å². The standard InChI is InChI=1S/C22H22ClFN4O2S/c1-16-4-7-18(8-5-16)31(29,30)26-20-3-2-10-25-22(20)28-13-11-27(12-14-28)21-9-6-17(23)15-19(21)24/h2-10,15,26H,11-14H2,1H3. The van der Waals surface area contributed by atoms with Gasteiger partial charge in [0.15, 0.2) is 5.82 Å². The van der Waals surface area contributed by atoms with Crippen molar-refractivity contribution in [1.82, 2.24) is 4.98 Å². The van der Waals surface area contributed by atoms with Gasteiger partial charge < -0.3 is 9.80 Å². The maximum Gasteiger partial charge on any atom is 0.262 e. The molecule has 1 N–H and O–H groups in total. The number of sulfonamides is 1. The average molecular weight is 461 g/mol. The van der Waals surface area contributed by atoms with E-state index in [1.807, 2.05) is 16.7 Å². The third-order valence-corrected chi connectivity index (χ3v) is 6.81. The van der Waals surface area contributed by atoms with Gasteiger partial charge in [-0.05, 0) is 49.4 Å². The predicted octanol–water partition coefficient (Wildman–Crippen LogP) is 4.31. The lowest BCUT2D eigenvalue weighted by atomic mass is 10.2. The van der Waals surface area contributed by atoms with E-state index in [9.17, 15) is 12.8 Å². The van der Waals surface area contributed by atoms with Gasteiger partial charge in [0.1, 0.15) is 5.82 Å². The predicted molar refractivity (Wildman–Crippen MR) is 122 cm³/mol. The van der Waals surface area contributed by atoms with Crippen molar-refractivity contribution >= 4 is 38.8 Å². The van der Waals surface area contributed by atoms with Gasteiger partial charge in [-0.15, -0.1) is 0 Å². The Bertz CT molecular complexity index is 1180. The van der Waals surface area contributed by atoms with Crippen molar-refractivity contribution in [3.8, 4) is 0 Å². The van der Waals surface area contributed by atoms with Crippen molar-refractivity contribution in [2.75, 3.05) is 40.7 Å². The summed E-state index contributed by atoms with van der Waals surface area (Å²) in [6.07, 6.45) is 1.63. The molecule has 0 spiro atoms. The molecule has 2 aromatic carbocycles. The van der Waals surface area contributed by atoms with E-state index < -0.39 is 10.0 Å². The molecule has 9 heteroatoms. The smallest absolute Gasteiger partial charge is 0.262 e. The average Bonchev–Trinajstić information content (AvgIpc) is 2.74. The molecule has 0 unspecified atom stereocenters. The Morgan fingerprint density at radius 1 is 1.00 bits per heavy atom. The number of halogens is 2. The molecule has 1 aliphatic rings. The Morgan fingerprint density at radius 3 is 2.35 bits per heavy atom. The topological polar surface area (TPSA) is 65.5 Å². The number of hydrogen-bond donors (Lipinski definition) is 1. The summed E-state index contributed by atoms with van der Waals surface area (Å²) in [6, 6.07) is 14.7. The van der Waals surface area contributed by atoms with E-state index in [1.165, 1.54) is 6.07 Å². The normalized spacial score (nSPS) is 14.5. The van der Waals surface area contributed by atoms with Crippen LogP contribution in [0.3, 0.4) is 0 Å². The first-order chi connectivity index (χ1) is 14.8. The molecule has 2 heterocycles. The molecule has 1 aromatic heterocycles. The lowest BCUT2D eigenvalue weighted by molar-refractivity contribution is 0.595. The summed E-state index contributed by atoms with van der Waals surface area (Å²) < 4.78 is 42.6. The lowest BCUT2D eigenvalue weighted by Gasteiger charge is -2.37. The molecular formula is C22H22ClFN4O2S. The van der Waals surface area contributed by atoms with Crippen LogP contribution in [0.25, 0.3) is 0 Å². The summed E-state index contributed by atoms with van der Waals surface area (Å²) in [7, 11) is -3.74. The highest BCUT2D eigenvalue weighted by molar-refractivity contribution is 7.92. The minimum Gasteiger partial charge on any atom is -0.366 e. The highest BCUT2D eigenvalue weighted by Gasteiger charge is 2.24. The van der Waals surface area contributed by atoms with E-state index in [4.69, 9.17) is 11.6 Å². The zero-order chi connectivity index (χ0) is 22.0. The molecule has 0 radical (unpaired) electrons. The van der Waals surface area contributed by atoms with Gasteiger partial charge in [-0.2, -0.15) is 0 Å². The number of aryl methyl sites for hydroxylation is 1. The molecule has 0 atom stereocenters. The highest BCUT2D eigenvalue weighted by atomic mass is 35.5. The van der Waals surface area contributed by atoms with E-state index in [-0.39, 0.29) is 10.7 Å². The van der Waals surface area contributed by atoms with E-state index in [2.05, 4.69) is 9.71 Å². The monoisotopic (exact) mass is 460 g/mol. The quantitative estimate of drug-likeness (QED) is 0.614. The first kappa shape index (κ1) is 21.4. The number of benzene rings is 2. The largest absolute Gasteiger partial charge is 0.366 e. The number of piperazine rings is 1. The fourth-order valence-electron chi connectivity index (χ4n) is 3.55. The maximum absolute atomic E-state index is 14.3. The summed E-state index contributed by atoms with van der Waals surface area (Å²) in [5.41, 5.74) is 1.90. The van der Waals surface area contributed by atoms with Gasteiger partial charge in [0.25, 0.3) is 10.0 Å². The van der Waals surface area contributed by atoms with Crippen LogP contribution in [0.5, 0.6) is 0 Å². The summed E-state index contributed by atoms with van der Waals surface area (Å²) in [5.74, 6) is 0.194. The van der Waals surface area contributed by atoms with Crippen molar-refractivity contribution in [2.45, 2.75) is 11.8 Å². The SMILES string of the molecule is Cc1ccc(S(=O)(=O)Nc2cccnc2N2CCN(c3ccc(Cl)cc3F)CC2)cc1. The number of nitrogens with zero attached hydrogens (tertiary/aromatic N) is 3. The summed E-state index contributed by atoms with van der Waals surface area (Å²) in [4.78, 5) is 8.54. The van der Waals surface area contributed by atoms with Crippen molar-refractivity contribution in [1.29, 1.82) is 0 Å². The van der Waals surface area contributed by atoms with Crippen molar-refractivity contribution in [2.24, 2.45) is 0 Å². The van der Waals surface area contributed by atoms with Gasteiger partial charge >= 0.3 is 0 Å². The molecule has 1 aliphatic heterocycles. The van der Waals surface area contributed by atoms with E-state index >= 15 is 0 Å². The van der Waals surface area contributed by atoms with Gasteiger partial charge in [0.05, 0.1) is 16.3 Å². The molecule has 1 fully saturated rings. The van der Waals surface area contributed by atoms with Crippen LogP contribution in [0, 0.1) is 12.7 Å². The zero-order valence-electron chi connectivity index (χ0n) is 16.9. The number of aromatic nitrogens is 1. The second-order valence-corrected chi connectivity index (χ2v) is 9.48. The Hall–Kier alpha value is -2.84. The Kier molecular flexibility index (Phi) is 6.02. The van der Waals surface area contributed by atoms with E-state index in [1.54, 1.807) is 54.7 Å². The Labute approximate surface area is 186 Å². The van der Waals surface area contributed by atoms with Gasteiger partial charge in [-0.3, -0.25) is 4.72 Å². The van der Waals surface area contributed by atoms with Crippen LogP contribution in [0.15, 0.2) is 65.7 Å². The van der Waals surface area contributed by atoms with Gasteiger partial charge in [-0.25, -0.2) is 17.8 Å². The molecule has 0 bridgehead atoms. The summed E-state index contributed by atoms with van der Waals surface area (Å²) >= 11 is 5.85. The minimum absolute atomic E-state index is 0.191. The number of hydrogen-bond acceptors (Lipinski definition) is 5. The molecule has 0 aliphatic carbocycles. The molecule has 3 aromatic rings. The van der Waals surface area contributed by atoms with Gasteiger partial charge in [0.2, 0.25) is 0 Å². The van der Waals surface area contributed by atoms with E-state index in [0.29, 0.717) is 48.4 Å². The van der Waals surface area contributed by atoms with E-state index in [0.717, 1.165) is 5.56 Å². The van der Waals surface area contributed by atoms with Crippen LogP contribution in [-0.2, 0) is 10.0 Å². The van der Waals surface area contributed by atoms with Crippen molar-refractivity contribution < 1.29 is 12.8 Å². The first-order valence-corrected chi connectivity index (χ1v) is 11.7. The second kappa shape index (κ2) is 8.72. The Morgan fingerprint density at radius 2 is 1.68 bits per heavy atom. The second-order valence-electron chi connectivity index (χ2n) is 7.36. The lowest BCUT2D eigenvalue weighted by Crippen LogP contribution is -2.47. The summed E-state index contributed by atoms with van der Waals surface area (Å²) in [6.45, 7) is 4.17. The number of nitrogens with one attached hydrogen (secondary N) is 1. The van der Waals surface area contributed by atoms with Crippen LogP contribution in [0.4, 0.5) is 21.6 Å². The van der Waals surface area contributed by atoms with Crippen LogP contribution < -0.4 is 14.5 Å². The third-order valence-electron chi connectivity index (χ3n) is 5.19. The molecule has 1 saturated heterocycles. The third kappa shape index (κ3) is 4.75. The van der Waals surface area contributed by atoms with Crippen molar-refractivity contribution in [3.05, 3.63) is 77.2 Å². The number of pyridine rings is 1. The zero-order valence-corrected chi connectivity index (χ0v) is 18.5.